The second-order valence-electron chi connectivity index (χ2n) is 4.73. The number of aryl methyl sites for hydroxylation is 2. The topological polar surface area (TPSA) is 48.1 Å². The van der Waals surface area contributed by atoms with Crippen LogP contribution < -0.4 is 10.5 Å². The summed E-state index contributed by atoms with van der Waals surface area (Å²) in [6.45, 7) is 8.79. The number of hydrogen-bond acceptors (Lipinski definition) is 4. The maximum Gasteiger partial charge on any atom is 0.128 e. The van der Waals surface area contributed by atoms with Crippen LogP contribution in [0.5, 0.6) is 5.75 Å². The molecule has 0 aliphatic heterocycles. The maximum atomic E-state index is 5.87. The summed E-state index contributed by atoms with van der Waals surface area (Å²) in [7, 11) is 0. The highest BCUT2D eigenvalue weighted by Crippen LogP contribution is 2.34. The number of hydrogen-bond donors (Lipinski definition) is 1. The number of benzene rings is 1. The minimum Gasteiger partial charge on any atom is -0.493 e. The molecule has 1 heterocycles. The normalized spacial score (nSPS) is 12.5. The molecule has 0 aliphatic carbocycles. The lowest BCUT2D eigenvalue weighted by Gasteiger charge is -2.11. The average molecular weight is 276 g/mol. The summed E-state index contributed by atoms with van der Waals surface area (Å²) < 4.78 is 5.73. The van der Waals surface area contributed by atoms with E-state index in [0.717, 1.165) is 22.0 Å². The quantitative estimate of drug-likeness (QED) is 0.922. The smallest absolute Gasteiger partial charge is 0.128 e. The van der Waals surface area contributed by atoms with Crippen molar-refractivity contribution in [2.24, 2.45) is 5.73 Å². The minimum atomic E-state index is -0.0270. The zero-order valence-electron chi connectivity index (χ0n) is 11.9. The molecule has 0 saturated carbocycles. The maximum absolute atomic E-state index is 5.87. The third-order valence-corrected chi connectivity index (χ3v) is 4.13. The molecule has 0 radical (unpaired) electrons. The van der Waals surface area contributed by atoms with E-state index in [-0.39, 0.29) is 6.04 Å². The lowest BCUT2D eigenvalue weighted by molar-refractivity contribution is 0.341. The van der Waals surface area contributed by atoms with Gasteiger partial charge < -0.3 is 10.5 Å². The molecule has 19 heavy (non-hydrogen) atoms. The highest BCUT2D eigenvalue weighted by Gasteiger charge is 2.13. The molecule has 0 saturated heterocycles. The van der Waals surface area contributed by atoms with E-state index in [2.05, 4.69) is 31.0 Å². The van der Waals surface area contributed by atoms with Gasteiger partial charge in [-0.05, 0) is 51.0 Å². The third kappa shape index (κ3) is 2.96. The number of nitrogens with two attached hydrogens (primary N) is 1. The Morgan fingerprint density at radius 1 is 1.32 bits per heavy atom. The van der Waals surface area contributed by atoms with Gasteiger partial charge in [0.05, 0.1) is 18.3 Å². The van der Waals surface area contributed by atoms with Crippen molar-refractivity contribution >= 4 is 11.3 Å². The van der Waals surface area contributed by atoms with Gasteiger partial charge in [0, 0.05) is 10.9 Å². The largest absolute Gasteiger partial charge is 0.493 e. The van der Waals surface area contributed by atoms with Gasteiger partial charge >= 0.3 is 0 Å². The zero-order chi connectivity index (χ0) is 14.0. The molecule has 1 unspecified atom stereocenters. The predicted molar refractivity (Wildman–Crippen MR) is 80.8 cm³/mol. The molecule has 0 aliphatic rings. The molecule has 3 nitrogen and oxygen atoms in total. The number of aromatic nitrogens is 1. The van der Waals surface area contributed by atoms with Gasteiger partial charge in [0.15, 0.2) is 0 Å². The molecule has 0 spiro atoms. The molecule has 1 aromatic carbocycles. The van der Waals surface area contributed by atoms with Crippen LogP contribution in [0.1, 0.15) is 36.0 Å². The second-order valence-corrected chi connectivity index (χ2v) is 5.61. The summed E-state index contributed by atoms with van der Waals surface area (Å²) >= 11 is 1.60. The number of thiazole rings is 1. The Balaban J connectivity index is 2.49. The van der Waals surface area contributed by atoms with E-state index in [4.69, 9.17) is 10.5 Å². The molecule has 1 aromatic heterocycles. The van der Waals surface area contributed by atoms with Gasteiger partial charge in [-0.25, -0.2) is 4.98 Å². The molecule has 2 rings (SSSR count). The number of rotatable bonds is 4. The Kier molecular flexibility index (Phi) is 4.22. The molecule has 0 bridgehead atoms. The first kappa shape index (κ1) is 14.0. The third-order valence-electron chi connectivity index (χ3n) is 3.08. The molecule has 2 aromatic rings. The Bertz CT molecular complexity index is 576. The fourth-order valence-corrected chi connectivity index (χ4v) is 2.66. The Hall–Kier alpha value is -1.39. The Morgan fingerprint density at radius 3 is 2.58 bits per heavy atom. The van der Waals surface area contributed by atoms with Crippen molar-refractivity contribution < 1.29 is 4.74 Å². The van der Waals surface area contributed by atoms with Crippen LogP contribution in [0.15, 0.2) is 17.5 Å². The average Bonchev–Trinajstić information content (AvgIpc) is 2.83. The van der Waals surface area contributed by atoms with Crippen molar-refractivity contribution in [1.82, 2.24) is 4.98 Å². The fourth-order valence-electron chi connectivity index (χ4n) is 1.89. The molecule has 1 atom stereocenters. The van der Waals surface area contributed by atoms with Crippen LogP contribution in [-0.4, -0.2) is 11.6 Å². The van der Waals surface area contributed by atoms with Crippen molar-refractivity contribution in [3.8, 4) is 17.0 Å². The van der Waals surface area contributed by atoms with Gasteiger partial charge in [0.25, 0.3) is 0 Å². The van der Waals surface area contributed by atoms with E-state index in [0.29, 0.717) is 6.61 Å². The van der Waals surface area contributed by atoms with Crippen LogP contribution >= 0.6 is 11.3 Å². The van der Waals surface area contributed by atoms with Crippen molar-refractivity contribution in [2.75, 3.05) is 6.61 Å². The van der Waals surface area contributed by atoms with E-state index in [1.807, 2.05) is 19.2 Å². The van der Waals surface area contributed by atoms with Crippen LogP contribution in [0, 0.1) is 13.8 Å². The SMILES string of the molecule is CCOc1cc(C)c(C)cc1-c1csc(C(C)N)n1. The summed E-state index contributed by atoms with van der Waals surface area (Å²) in [5, 5.41) is 3.00. The van der Waals surface area contributed by atoms with Crippen molar-refractivity contribution in [1.29, 1.82) is 0 Å². The molecule has 2 N–H and O–H groups in total. The van der Waals surface area contributed by atoms with Crippen molar-refractivity contribution in [2.45, 2.75) is 33.7 Å². The lowest BCUT2D eigenvalue weighted by Crippen LogP contribution is -2.04. The van der Waals surface area contributed by atoms with E-state index in [1.165, 1.54) is 11.1 Å². The minimum absolute atomic E-state index is 0.0270. The van der Waals surface area contributed by atoms with Gasteiger partial charge in [-0.2, -0.15) is 0 Å². The summed E-state index contributed by atoms with van der Waals surface area (Å²) in [5.41, 5.74) is 10.3. The zero-order valence-corrected chi connectivity index (χ0v) is 12.7. The monoisotopic (exact) mass is 276 g/mol. The molecule has 0 fully saturated rings. The highest BCUT2D eigenvalue weighted by atomic mass is 32.1. The second kappa shape index (κ2) is 5.72. The number of ether oxygens (including phenoxy) is 1. The van der Waals surface area contributed by atoms with Crippen LogP contribution in [0.3, 0.4) is 0 Å². The molecule has 0 amide bonds. The first-order valence-corrected chi connectivity index (χ1v) is 7.36. The summed E-state index contributed by atoms with van der Waals surface area (Å²) in [5.74, 6) is 0.895. The summed E-state index contributed by atoms with van der Waals surface area (Å²) in [4.78, 5) is 4.61. The first-order valence-electron chi connectivity index (χ1n) is 6.48. The van der Waals surface area contributed by atoms with E-state index in [1.54, 1.807) is 11.3 Å². The number of nitrogens with zero attached hydrogens (tertiary/aromatic N) is 1. The molecule has 4 heteroatoms. The van der Waals surface area contributed by atoms with Crippen molar-refractivity contribution in [3.63, 3.8) is 0 Å². The van der Waals surface area contributed by atoms with E-state index >= 15 is 0 Å². The molecular formula is C15H20N2OS. The molecule has 102 valence electrons. The first-order chi connectivity index (χ1) is 9.02. The van der Waals surface area contributed by atoms with Gasteiger partial charge in [-0.1, -0.05) is 0 Å². The van der Waals surface area contributed by atoms with Crippen LogP contribution in [0.4, 0.5) is 0 Å². The van der Waals surface area contributed by atoms with Crippen molar-refractivity contribution in [3.05, 3.63) is 33.6 Å². The summed E-state index contributed by atoms with van der Waals surface area (Å²) in [6, 6.07) is 4.19. The lowest BCUT2D eigenvalue weighted by atomic mass is 10.0. The van der Waals surface area contributed by atoms with E-state index in [9.17, 15) is 0 Å². The Morgan fingerprint density at radius 2 is 2.00 bits per heavy atom. The summed E-state index contributed by atoms with van der Waals surface area (Å²) in [6.07, 6.45) is 0. The fraction of sp³-hybridized carbons (Fsp3) is 0.400. The van der Waals surface area contributed by atoms with Crippen LogP contribution in [0.2, 0.25) is 0 Å². The Labute approximate surface area is 118 Å². The highest BCUT2D eigenvalue weighted by molar-refractivity contribution is 7.10. The van der Waals surface area contributed by atoms with Gasteiger partial charge in [0.2, 0.25) is 0 Å². The van der Waals surface area contributed by atoms with Gasteiger partial charge in [0.1, 0.15) is 10.8 Å². The van der Waals surface area contributed by atoms with Crippen LogP contribution in [-0.2, 0) is 0 Å². The predicted octanol–water partition coefficient (Wildman–Crippen LogP) is 3.85. The van der Waals surface area contributed by atoms with Gasteiger partial charge in [-0.15, -0.1) is 11.3 Å². The van der Waals surface area contributed by atoms with Gasteiger partial charge in [-0.3, -0.25) is 0 Å². The van der Waals surface area contributed by atoms with E-state index < -0.39 is 0 Å². The van der Waals surface area contributed by atoms with Crippen LogP contribution in [0.25, 0.3) is 11.3 Å². The molecular weight excluding hydrogens is 256 g/mol. The standard InChI is InChI=1S/C15H20N2OS/c1-5-18-14-7-10(3)9(2)6-12(14)13-8-19-15(17-13)11(4)16/h6-8,11H,5,16H2,1-4H3.